The van der Waals surface area contributed by atoms with E-state index in [0.717, 1.165) is 11.4 Å². The summed E-state index contributed by atoms with van der Waals surface area (Å²) in [6.45, 7) is 3.48. The van der Waals surface area contributed by atoms with Gasteiger partial charge in [0.05, 0.1) is 23.0 Å². The quantitative estimate of drug-likeness (QED) is 0.847. The first-order valence-electron chi connectivity index (χ1n) is 4.41. The van der Waals surface area contributed by atoms with Crippen LogP contribution in [-0.2, 0) is 6.61 Å². The van der Waals surface area contributed by atoms with Gasteiger partial charge in [-0.15, -0.1) is 0 Å². The van der Waals surface area contributed by atoms with E-state index in [1.807, 2.05) is 13.8 Å². The van der Waals surface area contributed by atoms with Crippen molar-refractivity contribution in [3.63, 3.8) is 0 Å². The lowest BCUT2D eigenvalue weighted by molar-refractivity contribution is 0.276. The highest BCUT2D eigenvalue weighted by atomic mass is 35.5. The second-order valence-electron chi connectivity index (χ2n) is 3.18. The summed E-state index contributed by atoms with van der Waals surface area (Å²) < 4.78 is 6.67. The Kier molecular flexibility index (Phi) is 2.50. The van der Waals surface area contributed by atoms with Crippen LogP contribution in [0.1, 0.15) is 17.1 Å². The van der Waals surface area contributed by atoms with Gasteiger partial charge in [-0.1, -0.05) is 11.6 Å². The molecule has 2 rings (SSSR count). The highest BCUT2D eigenvalue weighted by Crippen LogP contribution is 2.21. The fraction of sp³-hybridized carbons (Fsp3) is 0.333. The Morgan fingerprint density at radius 1 is 1.53 bits per heavy atom. The summed E-state index contributed by atoms with van der Waals surface area (Å²) in [5, 5.41) is 13.6. The van der Waals surface area contributed by atoms with Crippen LogP contribution in [0.4, 0.5) is 0 Å². The zero-order valence-electron chi connectivity index (χ0n) is 8.36. The Labute approximate surface area is 91.3 Å². The molecule has 5 nitrogen and oxygen atoms in total. The van der Waals surface area contributed by atoms with Gasteiger partial charge >= 0.3 is 6.01 Å². The van der Waals surface area contributed by atoms with Gasteiger partial charge in [-0.2, -0.15) is 14.8 Å². The highest BCUT2D eigenvalue weighted by Gasteiger charge is 2.14. The first-order chi connectivity index (χ1) is 7.13. The predicted molar refractivity (Wildman–Crippen MR) is 54.0 cm³/mol. The van der Waals surface area contributed by atoms with Crippen molar-refractivity contribution in [2.45, 2.75) is 20.5 Å². The van der Waals surface area contributed by atoms with Gasteiger partial charge in [0.15, 0.2) is 0 Å². The number of nitrogens with zero attached hydrogens (tertiary/aromatic N) is 3. The van der Waals surface area contributed by atoms with E-state index in [2.05, 4.69) is 10.1 Å². The van der Waals surface area contributed by atoms with Gasteiger partial charge in [-0.25, -0.2) is 0 Å². The van der Waals surface area contributed by atoms with Crippen molar-refractivity contribution in [1.29, 1.82) is 0 Å². The van der Waals surface area contributed by atoms with Crippen molar-refractivity contribution in [1.82, 2.24) is 14.8 Å². The fourth-order valence-corrected chi connectivity index (χ4v) is 1.39. The first kappa shape index (κ1) is 10.2. The van der Waals surface area contributed by atoms with Crippen LogP contribution in [0.2, 0.25) is 5.02 Å². The van der Waals surface area contributed by atoms with Gasteiger partial charge in [0.25, 0.3) is 0 Å². The van der Waals surface area contributed by atoms with Crippen molar-refractivity contribution in [3.8, 4) is 6.01 Å². The molecule has 0 unspecified atom stereocenters. The summed E-state index contributed by atoms with van der Waals surface area (Å²) in [4.78, 5) is 4.04. The van der Waals surface area contributed by atoms with Crippen molar-refractivity contribution >= 4 is 11.6 Å². The van der Waals surface area contributed by atoms with Crippen LogP contribution < -0.4 is 0 Å². The molecule has 0 saturated heterocycles. The molecular weight excluding hydrogens is 218 g/mol. The Bertz CT molecular complexity index is 490. The average molecular weight is 228 g/mol. The van der Waals surface area contributed by atoms with Crippen molar-refractivity contribution in [2.24, 2.45) is 0 Å². The molecule has 0 bridgehead atoms. The number of halogens is 1. The number of aliphatic hydroxyl groups is 1. The third-order valence-electron chi connectivity index (χ3n) is 2.09. The summed E-state index contributed by atoms with van der Waals surface area (Å²) in [5.74, 6) is 0. The molecule has 0 aliphatic rings. The number of aromatic nitrogens is 3. The monoisotopic (exact) mass is 227 g/mol. The summed E-state index contributed by atoms with van der Waals surface area (Å²) in [7, 11) is 0. The van der Waals surface area contributed by atoms with E-state index in [4.69, 9.17) is 21.1 Å². The number of hydrogen-bond donors (Lipinski definition) is 1. The standard InChI is InChI=1S/C9H10ClN3O2/c1-5-8(10)6(2)13(12-5)9-11-7(3-14)4-15-9/h4,14H,3H2,1-2H3. The van der Waals surface area contributed by atoms with E-state index in [0.29, 0.717) is 16.7 Å². The van der Waals surface area contributed by atoms with E-state index in [9.17, 15) is 0 Å². The average Bonchev–Trinajstić information content (AvgIpc) is 2.79. The minimum absolute atomic E-state index is 0.156. The van der Waals surface area contributed by atoms with Crippen LogP contribution in [0.3, 0.4) is 0 Å². The highest BCUT2D eigenvalue weighted by molar-refractivity contribution is 6.31. The summed E-state index contributed by atoms with van der Waals surface area (Å²) in [5.41, 5.74) is 1.95. The second-order valence-corrected chi connectivity index (χ2v) is 3.55. The maximum atomic E-state index is 8.85. The molecule has 6 heteroatoms. The molecule has 2 aromatic heterocycles. The molecule has 0 saturated carbocycles. The maximum Gasteiger partial charge on any atom is 0.323 e. The van der Waals surface area contributed by atoms with Crippen LogP contribution in [0, 0.1) is 13.8 Å². The number of aryl methyl sites for hydroxylation is 1. The van der Waals surface area contributed by atoms with E-state index < -0.39 is 0 Å². The van der Waals surface area contributed by atoms with Gasteiger partial charge < -0.3 is 9.52 Å². The van der Waals surface area contributed by atoms with Gasteiger partial charge in [0.1, 0.15) is 12.0 Å². The summed E-state index contributed by atoms with van der Waals surface area (Å²) in [6, 6.07) is 0.312. The Hall–Kier alpha value is -1.33. The number of oxazole rings is 1. The Morgan fingerprint density at radius 2 is 2.27 bits per heavy atom. The van der Waals surface area contributed by atoms with E-state index >= 15 is 0 Å². The summed E-state index contributed by atoms with van der Waals surface area (Å²) in [6.07, 6.45) is 1.39. The third kappa shape index (κ3) is 1.64. The van der Waals surface area contributed by atoms with Crippen molar-refractivity contribution in [2.75, 3.05) is 0 Å². The van der Waals surface area contributed by atoms with Gasteiger partial charge in [-0.05, 0) is 13.8 Å². The predicted octanol–water partition coefficient (Wildman–Crippen LogP) is 1.62. The Balaban J connectivity index is 2.49. The smallest absolute Gasteiger partial charge is 0.323 e. The molecule has 0 fully saturated rings. The normalized spacial score (nSPS) is 10.9. The van der Waals surface area contributed by atoms with Crippen LogP contribution in [0.15, 0.2) is 10.7 Å². The van der Waals surface area contributed by atoms with Gasteiger partial charge in [0.2, 0.25) is 0 Å². The largest absolute Gasteiger partial charge is 0.430 e. The van der Waals surface area contributed by atoms with Crippen LogP contribution >= 0.6 is 11.6 Å². The zero-order valence-corrected chi connectivity index (χ0v) is 9.12. The first-order valence-corrected chi connectivity index (χ1v) is 4.78. The van der Waals surface area contributed by atoms with E-state index in [-0.39, 0.29) is 6.61 Å². The van der Waals surface area contributed by atoms with E-state index in [1.165, 1.54) is 10.9 Å². The molecule has 0 spiro atoms. The molecule has 0 radical (unpaired) electrons. The maximum absolute atomic E-state index is 8.85. The van der Waals surface area contributed by atoms with Crippen LogP contribution in [0.5, 0.6) is 0 Å². The lowest BCUT2D eigenvalue weighted by Crippen LogP contribution is -1.99. The molecule has 0 amide bonds. The SMILES string of the molecule is Cc1nn(-c2nc(CO)co2)c(C)c1Cl. The lowest BCUT2D eigenvalue weighted by atomic mass is 10.4. The molecule has 80 valence electrons. The minimum atomic E-state index is -0.156. The molecule has 1 N–H and O–H groups in total. The molecule has 0 aliphatic heterocycles. The van der Waals surface area contributed by atoms with Crippen LogP contribution in [-0.4, -0.2) is 19.9 Å². The van der Waals surface area contributed by atoms with E-state index in [1.54, 1.807) is 0 Å². The van der Waals surface area contributed by atoms with Gasteiger partial charge in [0, 0.05) is 0 Å². The molecule has 0 atom stereocenters. The zero-order chi connectivity index (χ0) is 11.0. The number of aliphatic hydroxyl groups excluding tert-OH is 1. The molecular formula is C9H10ClN3O2. The topological polar surface area (TPSA) is 64.1 Å². The van der Waals surface area contributed by atoms with Crippen LogP contribution in [0.25, 0.3) is 6.01 Å². The molecule has 0 aromatic carbocycles. The summed E-state index contributed by atoms with van der Waals surface area (Å²) >= 11 is 5.99. The van der Waals surface area contributed by atoms with Crippen molar-refractivity contribution < 1.29 is 9.52 Å². The molecule has 2 heterocycles. The second kappa shape index (κ2) is 3.67. The molecule has 15 heavy (non-hydrogen) atoms. The molecule has 2 aromatic rings. The lowest BCUT2D eigenvalue weighted by Gasteiger charge is -1.96. The fourth-order valence-electron chi connectivity index (χ4n) is 1.28. The Morgan fingerprint density at radius 3 is 2.73 bits per heavy atom. The van der Waals surface area contributed by atoms with Gasteiger partial charge in [-0.3, -0.25) is 0 Å². The number of hydrogen-bond acceptors (Lipinski definition) is 4. The third-order valence-corrected chi connectivity index (χ3v) is 2.63. The molecule has 0 aliphatic carbocycles. The van der Waals surface area contributed by atoms with Crippen molar-refractivity contribution in [3.05, 3.63) is 28.4 Å². The number of rotatable bonds is 2. The minimum Gasteiger partial charge on any atom is -0.430 e.